The van der Waals surface area contributed by atoms with Crippen molar-refractivity contribution in [3.8, 4) is 0 Å². The van der Waals surface area contributed by atoms with E-state index in [1.165, 1.54) is 30.0 Å². The minimum absolute atomic E-state index is 0.0937. The molecule has 0 saturated carbocycles. The molecule has 2 N–H and O–H groups in total. The standard InChI is InChI=1S/C20H20FN3O3/c1-12-8-15(21)6-7-18(12)23-20(27)14-9-19(26)24(11-14)17-5-3-4-16(10-17)22-13(2)25/h3-8,10,14H,9,11H2,1-2H3,(H,22,25)(H,23,27)/t14-/m0/s1. The molecule has 0 aromatic heterocycles. The van der Waals surface area contributed by atoms with Gasteiger partial charge in [-0.25, -0.2) is 4.39 Å². The summed E-state index contributed by atoms with van der Waals surface area (Å²) in [6.45, 7) is 3.36. The number of aryl methyl sites for hydroxylation is 1. The lowest BCUT2D eigenvalue weighted by atomic mass is 10.1. The van der Waals surface area contributed by atoms with Gasteiger partial charge in [0.25, 0.3) is 0 Å². The summed E-state index contributed by atoms with van der Waals surface area (Å²) in [7, 11) is 0. The lowest BCUT2D eigenvalue weighted by Crippen LogP contribution is -2.28. The Hall–Kier alpha value is -3.22. The van der Waals surface area contributed by atoms with Gasteiger partial charge in [-0.2, -0.15) is 0 Å². The third kappa shape index (κ3) is 4.31. The number of benzene rings is 2. The topological polar surface area (TPSA) is 78.5 Å². The molecule has 6 nitrogen and oxygen atoms in total. The molecule has 1 heterocycles. The van der Waals surface area contributed by atoms with Crippen LogP contribution in [-0.4, -0.2) is 24.3 Å². The molecule has 0 spiro atoms. The van der Waals surface area contributed by atoms with Crippen LogP contribution in [0.2, 0.25) is 0 Å². The van der Waals surface area contributed by atoms with E-state index in [0.717, 1.165) is 0 Å². The molecule has 140 valence electrons. The van der Waals surface area contributed by atoms with Gasteiger partial charge in [-0.1, -0.05) is 6.07 Å². The van der Waals surface area contributed by atoms with Crippen LogP contribution < -0.4 is 15.5 Å². The maximum Gasteiger partial charge on any atom is 0.229 e. The molecule has 2 aromatic rings. The van der Waals surface area contributed by atoms with Crippen molar-refractivity contribution in [2.24, 2.45) is 5.92 Å². The minimum Gasteiger partial charge on any atom is -0.326 e. The number of anilines is 3. The zero-order valence-electron chi connectivity index (χ0n) is 15.1. The van der Waals surface area contributed by atoms with Crippen molar-refractivity contribution >= 4 is 34.8 Å². The maximum absolute atomic E-state index is 13.2. The van der Waals surface area contributed by atoms with Gasteiger partial charge in [-0.05, 0) is 48.9 Å². The first kappa shape index (κ1) is 18.6. The van der Waals surface area contributed by atoms with E-state index in [9.17, 15) is 18.8 Å². The highest BCUT2D eigenvalue weighted by Crippen LogP contribution is 2.28. The normalized spacial score (nSPS) is 16.3. The summed E-state index contributed by atoms with van der Waals surface area (Å²) in [6.07, 6.45) is 0.0937. The molecule has 3 rings (SSSR count). The fourth-order valence-corrected chi connectivity index (χ4v) is 3.09. The Morgan fingerprint density at radius 2 is 1.93 bits per heavy atom. The Kier molecular flexibility index (Phi) is 5.21. The number of carbonyl (C=O) groups is 3. The number of nitrogens with zero attached hydrogens (tertiary/aromatic N) is 1. The highest BCUT2D eigenvalue weighted by Gasteiger charge is 2.35. The summed E-state index contributed by atoms with van der Waals surface area (Å²) >= 11 is 0. The number of carbonyl (C=O) groups excluding carboxylic acids is 3. The van der Waals surface area contributed by atoms with Crippen LogP contribution in [0.25, 0.3) is 0 Å². The van der Waals surface area contributed by atoms with E-state index in [4.69, 9.17) is 0 Å². The number of rotatable bonds is 4. The van der Waals surface area contributed by atoms with Gasteiger partial charge in [0, 0.05) is 37.0 Å². The number of amides is 3. The molecule has 1 aliphatic rings. The van der Waals surface area contributed by atoms with Crippen LogP contribution >= 0.6 is 0 Å². The summed E-state index contributed by atoms with van der Waals surface area (Å²) in [5, 5.41) is 5.44. The molecule has 0 unspecified atom stereocenters. The van der Waals surface area contributed by atoms with Crippen LogP contribution in [0.1, 0.15) is 18.9 Å². The van der Waals surface area contributed by atoms with Crippen molar-refractivity contribution in [3.05, 3.63) is 53.8 Å². The largest absolute Gasteiger partial charge is 0.326 e. The van der Waals surface area contributed by atoms with E-state index in [-0.39, 0.29) is 36.5 Å². The van der Waals surface area contributed by atoms with Crippen molar-refractivity contribution in [2.75, 3.05) is 22.1 Å². The third-order valence-corrected chi connectivity index (χ3v) is 4.42. The number of hydrogen-bond acceptors (Lipinski definition) is 3. The molecular weight excluding hydrogens is 349 g/mol. The smallest absolute Gasteiger partial charge is 0.229 e. The van der Waals surface area contributed by atoms with E-state index >= 15 is 0 Å². The average molecular weight is 369 g/mol. The van der Waals surface area contributed by atoms with Gasteiger partial charge in [0.1, 0.15) is 5.82 Å². The SMILES string of the molecule is CC(=O)Nc1cccc(N2C[C@@H](C(=O)Nc3ccc(F)cc3C)CC2=O)c1. The molecular formula is C20H20FN3O3. The second-order valence-electron chi connectivity index (χ2n) is 6.59. The monoisotopic (exact) mass is 369 g/mol. The van der Waals surface area contributed by atoms with Gasteiger partial charge in [0.2, 0.25) is 17.7 Å². The van der Waals surface area contributed by atoms with Crippen LogP contribution in [0.15, 0.2) is 42.5 Å². The van der Waals surface area contributed by atoms with Gasteiger partial charge >= 0.3 is 0 Å². The van der Waals surface area contributed by atoms with Crippen LogP contribution in [0.3, 0.4) is 0 Å². The van der Waals surface area contributed by atoms with E-state index < -0.39 is 5.92 Å². The Bertz CT molecular complexity index is 913. The van der Waals surface area contributed by atoms with Crippen LogP contribution in [-0.2, 0) is 14.4 Å². The molecule has 7 heteroatoms. The second kappa shape index (κ2) is 7.57. The van der Waals surface area contributed by atoms with Gasteiger partial charge in [0.05, 0.1) is 5.92 Å². The van der Waals surface area contributed by atoms with Crippen molar-refractivity contribution in [1.29, 1.82) is 0 Å². The molecule has 1 atom stereocenters. The predicted molar refractivity (Wildman–Crippen MR) is 101 cm³/mol. The van der Waals surface area contributed by atoms with Crippen LogP contribution in [0.4, 0.5) is 21.5 Å². The number of nitrogens with one attached hydrogen (secondary N) is 2. The summed E-state index contributed by atoms with van der Waals surface area (Å²) in [5.74, 6) is -1.52. The quantitative estimate of drug-likeness (QED) is 0.869. The van der Waals surface area contributed by atoms with E-state index in [1.807, 2.05) is 0 Å². The second-order valence-corrected chi connectivity index (χ2v) is 6.59. The number of hydrogen-bond donors (Lipinski definition) is 2. The minimum atomic E-state index is -0.508. The van der Waals surface area contributed by atoms with E-state index in [1.54, 1.807) is 31.2 Å². The first-order valence-corrected chi connectivity index (χ1v) is 8.58. The fraction of sp³-hybridized carbons (Fsp3) is 0.250. The molecule has 3 amide bonds. The molecule has 1 fully saturated rings. The summed E-state index contributed by atoms with van der Waals surface area (Å²) in [6, 6.07) is 11.1. The Labute approximate surface area is 156 Å². The molecule has 0 bridgehead atoms. The van der Waals surface area contributed by atoms with Gasteiger partial charge in [-0.15, -0.1) is 0 Å². The number of halogens is 1. The third-order valence-electron chi connectivity index (χ3n) is 4.42. The van der Waals surface area contributed by atoms with Gasteiger partial charge < -0.3 is 15.5 Å². The van der Waals surface area contributed by atoms with Gasteiger partial charge in [-0.3, -0.25) is 14.4 Å². The lowest BCUT2D eigenvalue weighted by molar-refractivity contribution is -0.122. The van der Waals surface area contributed by atoms with Crippen LogP contribution in [0, 0.1) is 18.7 Å². The summed E-state index contributed by atoms with van der Waals surface area (Å²) in [4.78, 5) is 37.7. The van der Waals surface area contributed by atoms with Crippen molar-refractivity contribution in [3.63, 3.8) is 0 Å². The highest BCUT2D eigenvalue weighted by molar-refractivity contribution is 6.04. The molecule has 1 saturated heterocycles. The highest BCUT2D eigenvalue weighted by atomic mass is 19.1. The molecule has 27 heavy (non-hydrogen) atoms. The molecule has 1 aliphatic heterocycles. The van der Waals surface area contributed by atoms with Crippen LogP contribution in [0.5, 0.6) is 0 Å². The molecule has 0 aliphatic carbocycles. The zero-order valence-corrected chi connectivity index (χ0v) is 15.1. The molecule has 2 aromatic carbocycles. The summed E-state index contributed by atoms with van der Waals surface area (Å²) < 4.78 is 13.2. The fourth-order valence-electron chi connectivity index (χ4n) is 3.09. The van der Waals surface area contributed by atoms with Crippen molar-refractivity contribution in [1.82, 2.24) is 0 Å². The Balaban J connectivity index is 1.71. The van der Waals surface area contributed by atoms with Crippen molar-refractivity contribution in [2.45, 2.75) is 20.3 Å². The van der Waals surface area contributed by atoms with E-state index in [2.05, 4.69) is 10.6 Å². The molecule has 0 radical (unpaired) electrons. The predicted octanol–water partition coefficient (Wildman–Crippen LogP) is 3.08. The van der Waals surface area contributed by atoms with E-state index in [0.29, 0.717) is 22.6 Å². The van der Waals surface area contributed by atoms with Crippen molar-refractivity contribution < 1.29 is 18.8 Å². The first-order valence-electron chi connectivity index (χ1n) is 8.58. The van der Waals surface area contributed by atoms with Gasteiger partial charge in [0.15, 0.2) is 0 Å². The lowest BCUT2D eigenvalue weighted by Gasteiger charge is -2.18. The first-order chi connectivity index (χ1) is 12.8. The summed E-state index contributed by atoms with van der Waals surface area (Å²) in [5.41, 5.74) is 2.36. The average Bonchev–Trinajstić information content (AvgIpc) is 2.99. The maximum atomic E-state index is 13.2. The Morgan fingerprint density at radius 1 is 1.15 bits per heavy atom. The Morgan fingerprint density at radius 3 is 2.63 bits per heavy atom. The zero-order chi connectivity index (χ0) is 19.6.